The average Bonchev–Trinajstić information content (AvgIpc) is 3.50. The van der Waals surface area contributed by atoms with E-state index in [2.05, 4.69) is 128 Å². The first kappa shape index (κ1) is 25.2. The molecule has 4 aliphatic rings. The van der Waals surface area contributed by atoms with Gasteiger partial charge in [-0.3, -0.25) is 0 Å². The maximum atomic E-state index is 4.16. The molecular weight excluding hydrogens is 507 g/mol. The van der Waals surface area contributed by atoms with Crippen LogP contribution in [0.25, 0.3) is 16.7 Å². The van der Waals surface area contributed by atoms with E-state index in [4.69, 9.17) is 0 Å². The SMILES string of the molecule is C=C/C=C1/B2C3=C(Cc4cccc(c42)-n2c(C)c(C)c(C)c21)c1cc(N(C2=CC=CCC2)c2ccccc2)ccc1C3. The lowest BCUT2D eigenvalue weighted by molar-refractivity contribution is 0.917. The molecule has 0 spiro atoms. The zero-order valence-corrected chi connectivity index (χ0v) is 24.7. The van der Waals surface area contributed by atoms with Crippen LogP contribution in [0.2, 0.25) is 0 Å². The number of hydrogen-bond acceptors (Lipinski definition) is 1. The summed E-state index contributed by atoms with van der Waals surface area (Å²) in [6.07, 6.45) is 15.1. The molecule has 2 aliphatic heterocycles. The van der Waals surface area contributed by atoms with Gasteiger partial charge in [0.05, 0.1) is 0 Å². The van der Waals surface area contributed by atoms with E-state index in [1.165, 1.54) is 78.5 Å². The molecule has 2 nitrogen and oxygen atoms in total. The second kappa shape index (κ2) is 9.53. The molecule has 0 atom stereocenters. The van der Waals surface area contributed by atoms with Crippen LogP contribution in [0.5, 0.6) is 0 Å². The van der Waals surface area contributed by atoms with Gasteiger partial charge in [0.1, 0.15) is 0 Å². The number of anilines is 2. The fourth-order valence-corrected chi connectivity index (χ4v) is 7.97. The molecule has 0 fully saturated rings. The highest BCUT2D eigenvalue weighted by molar-refractivity contribution is 6.97. The largest absolute Gasteiger partial charge is 0.315 e. The van der Waals surface area contributed by atoms with Crippen molar-refractivity contribution in [1.82, 2.24) is 4.57 Å². The lowest BCUT2D eigenvalue weighted by Crippen LogP contribution is -2.46. The lowest BCUT2D eigenvalue weighted by atomic mass is 9.31. The van der Waals surface area contributed by atoms with E-state index in [9.17, 15) is 0 Å². The van der Waals surface area contributed by atoms with Crippen molar-refractivity contribution < 1.29 is 0 Å². The van der Waals surface area contributed by atoms with Gasteiger partial charge in [-0.2, -0.15) is 0 Å². The van der Waals surface area contributed by atoms with Crippen LogP contribution >= 0.6 is 0 Å². The van der Waals surface area contributed by atoms with Gasteiger partial charge in [0.15, 0.2) is 0 Å². The fraction of sp³-hybridized carbons (Fsp3) is 0.179. The molecule has 3 heteroatoms. The predicted molar refractivity (Wildman–Crippen MR) is 179 cm³/mol. The molecule has 204 valence electrons. The van der Waals surface area contributed by atoms with Gasteiger partial charge in [-0.1, -0.05) is 72.8 Å². The van der Waals surface area contributed by atoms with E-state index >= 15 is 0 Å². The van der Waals surface area contributed by atoms with Gasteiger partial charge in [-0.05, 0) is 127 Å². The summed E-state index contributed by atoms with van der Waals surface area (Å²) < 4.78 is 2.52. The van der Waals surface area contributed by atoms with Crippen molar-refractivity contribution in [1.29, 1.82) is 0 Å². The van der Waals surface area contributed by atoms with Crippen molar-refractivity contribution in [2.24, 2.45) is 0 Å². The zero-order valence-electron chi connectivity index (χ0n) is 24.7. The van der Waals surface area contributed by atoms with Gasteiger partial charge in [0.25, 0.3) is 0 Å². The summed E-state index contributed by atoms with van der Waals surface area (Å²) in [5.41, 5.74) is 21.0. The topological polar surface area (TPSA) is 8.17 Å². The number of nitrogens with zero attached hydrogens (tertiary/aromatic N) is 2. The molecule has 0 saturated heterocycles. The molecule has 0 radical (unpaired) electrons. The molecule has 2 aliphatic carbocycles. The molecule has 8 rings (SSSR count). The third-order valence-corrected chi connectivity index (χ3v) is 10.1. The first-order valence-corrected chi connectivity index (χ1v) is 15.3. The van der Waals surface area contributed by atoms with Gasteiger partial charge in [0, 0.05) is 34.1 Å². The predicted octanol–water partition coefficient (Wildman–Crippen LogP) is 8.70. The van der Waals surface area contributed by atoms with Crippen LogP contribution in [0, 0.1) is 20.8 Å². The Kier molecular flexibility index (Phi) is 5.72. The van der Waals surface area contributed by atoms with E-state index in [0.717, 1.165) is 25.7 Å². The summed E-state index contributed by atoms with van der Waals surface area (Å²) >= 11 is 0. The Morgan fingerprint density at radius 2 is 1.74 bits per heavy atom. The second-order valence-electron chi connectivity index (χ2n) is 12.2. The quantitative estimate of drug-likeness (QED) is 0.234. The summed E-state index contributed by atoms with van der Waals surface area (Å²) in [5, 5.41) is 0. The van der Waals surface area contributed by atoms with Crippen molar-refractivity contribution in [3.63, 3.8) is 0 Å². The summed E-state index contributed by atoms with van der Waals surface area (Å²) in [6, 6.07) is 25.0. The minimum Gasteiger partial charge on any atom is -0.315 e. The second-order valence-corrected chi connectivity index (χ2v) is 12.2. The molecule has 3 aromatic carbocycles. The summed E-state index contributed by atoms with van der Waals surface area (Å²) in [6.45, 7) is 11.3. The van der Waals surface area contributed by atoms with Gasteiger partial charge in [-0.25, -0.2) is 0 Å². The molecule has 4 aromatic rings. The third-order valence-electron chi connectivity index (χ3n) is 10.1. The van der Waals surface area contributed by atoms with Crippen LogP contribution in [0.4, 0.5) is 11.4 Å². The standard InChI is InChI=1S/C39H35BN2/c1-5-13-35-39-26(3)25(2)27(4)41(39)37-19-12-14-29-22-34-33-24-32(21-20-28(33)23-36(34)40(35)38(29)37)42(30-15-8-6-9-16-30)31-17-10-7-11-18-31/h5-10,12-17,19-21,24H,1,11,18,22-23H2,2-4H3/b35-13+. The van der Waals surface area contributed by atoms with Crippen LogP contribution in [-0.2, 0) is 12.8 Å². The minimum atomic E-state index is 0.255. The average molecular weight is 543 g/mol. The van der Waals surface area contributed by atoms with Crippen LogP contribution in [0.1, 0.15) is 52.0 Å². The van der Waals surface area contributed by atoms with Crippen molar-refractivity contribution in [2.45, 2.75) is 46.5 Å². The molecule has 0 bridgehead atoms. The summed E-state index contributed by atoms with van der Waals surface area (Å²) in [5.74, 6) is 0. The Balaban J connectivity index is 1.31. The first-order chi connectivity index (χ1) is 20.6. The van der Waals surface area contributed by atoms with Crippen LogP contribution in [0.3, 0.4) is 0 Å². The number of benzene rings is 3. The highest BCUT2D eigenvalue weighted by atomic mass is 15.1. The zero-order chi connectivity index (χ0) is 28.5. The Labute approximate surface area is 249 Å². The Bertz CT molecular complexity index is 1930. The smallest absolute Gasteiger partial charge is 0.243 e. The van der Waals surface area contributed by atoms with Gasteiger partial charge < -0.3 is 9.47 Å². The summed E-state index contributed by atoms with van der Waals surface area (Å²) in [7, 11) is 0. The number of allylic oxidation sites excluding steroid dienone is 8. The fourth-order valence-electron chi connectivity index (χ4n) is 7.97. The van der Waals surface area contributed by atoms with E-state index < -0.39 is 0 Å². The van der Waals surface area contributed by atoms with E-state index in [1.807, 2.05) is 6.08 Å². The van der Waals surface area contributed by atoms with E-state index in [0.29, 0.717) is 0 Å². The van der Waals surface area contributed by atoms with Crippen molar-refractivity contribution in [3.05, 3.63) is 154 Å². The molecule has 0 unspecified atom stereocenters. The van der Waals surface area contributed by atoms with Crippen LogP contribution < -0.4 is 10.4 Å². The minimum absolute atomic E-state index is 0.255. The Morgan fingerprint density at radius 1 is 0.881 bits per heavy atom. The van der Waals surface area contributed by atoms with Crippen LogP contribution in [0.15, 0.2) is 115 Å². The normalized spacial score (nSPS) is 17.1. The molecule has 1 aromatic heterocycles. The summed E-state index contributed by atoms with van der Waals surface area (Å²) in [4.78, 5) is 2.46. The third kappa shape index (κ3) is 3.53. The van der Waals surface area contributed by atoms with Crippen LogP contribution in [-0.4, -0.2) is 11.3 Å². The number of aromatic nitrogens is 1. The highest BCUT2D eigenvalue weighted by Crippen LogP contribution is 2.47. The Hall–Kier alpha value is -4.50. The van der Waals surface area contributed by atoms with Gasteiger partial charge in [-0.15, -0.1) is 0 Å². The van der Waals surface area contributed by atoms with E-state index in [-0.39, 0.29) is 6.71 Å². The highest BCUT2D eigenvalue weighted by Gasteiger charge is 2.44. The van der Waals surface area contributed by atoms with E-state index in [1.54, 1.807) is 5.47 Å². The molecule has 3 heterocycles. The number of fused-ring (bicyclic) bond motifs is 5. The van der Waals surface area contributed by atoms with Crippen molar-refractivity contribution in [2.75, 3.05) is 4.90 Å². The maximum Gasteiger partial charge on any atom is 0.243 e. The molecular formula is C39H35BN2. The van der Waals surface area contributed by atoms with Gasteiger partial charge >= 0.3 is 0 Å². The molecule has 0 N–H and O–H groups in total. The number of para-hydroxylation sites is 1. The molecule has 42 heavy (non-hydrogen) atoms. The maximum absolute atomic E-state index is 4.16. The monoisotopic (exact) mass is 542 g/mol. The van der Waals surface area contributed by atoms with Gasteiger partial charge in [0.2, 0.25) is 6.71 Å². The lowest BCUT2D eigenvalue weighted by Gasteiger charge is -2.36. The molecule has 0 amide bonds. The van der Waals surface area contributed by atoms with Crippen molar-refractivity contribution >= 4 is 34.6 Å². The first-order valence-electron chi connectivity index (χ1n) is 15.3. The molecule has 0 saturated carbocycles. The number of hydrogen-bond donors (Lipinski definition) is 0. The Morgan fingerprint density at radius 3 is 2.52 bits per heavy atom. The number of rotatable bonds is 4. The van der Waals surface area contributed by atoms with Crippen molar-refractivity contribution in [3.8, 4) is 5.69 Å².